The van der Waals surface area contributed by atoms with E-state index in [1.54, 1.807) is 36.6 Å². The van der Waals surface area contributed by atoms with Gasteiger partial charge in [-0.1, -0.05) is 24.3 Å². The van der Waals surface area contributed by atoms with Gasteiger partial charge in [0.25, 0.3) is 0 Å². The van der Waals surface area contributed by atoms with Gasteiger partial charge in [-0.3, -0.25) is 4.99 Å². The Balaban J connectivity index is 1.47. The molecule has 0 aliphatic rings. The van der Waals surface area contributed by atoms with Crippen molar-refractivity contribution in [3.05, 3.63) is 76.0 Å². The third kappa shape index (κ3) is 5.79. The Labute approximate surface area is 168 Å². The number of ether oxygens (including phenoxy) is 1. The molecule has 146 valence electrons. The van der Waals surface area contributed by atoms with E-state index >= 15 is 0 Å². The Morgan fingerprint density at radius 2 is 2.00 bits per heavy atom. The van der Waals surface area contributed by atoms with Crippen LogP contribution < -0.4 is 15.4 Å². The number of halogens is 1. The average Bonchev–Trinajstić information content (AvgIpc) is 3.12. The van der Waals surface area contributed by atoms with E-state index in [0.29, 0.717) is 31.2 Å². The lowest BCUT2D eigenvalue weighted by Crippen LogP contribution is -2.37. The molecule has 0 atom stereocenters. The maximum absolute atomic E-state index is 14.3. The molecule has 0 spiro atoms. The molecule has 5 nitrogen and oxygen atoms in total. The van der Waals surface area contributed by atoms with Crippen LogP contribution in [0.2, 0.25) is 0 Å². The summed E-state index contributed by atoms with van der Waals surface area (Å²) in [6.45, 7) is 3.29. The largest absolute Gasteiger partial charge is 0.454 e. The van der Waals surface area contributed by atoms with Crippen molar-refractivity contribution in [3.8, 4) is 11.5 Å². The molecule has 3 aromatic rings. The van der Waals surface area contributed by atoms with E-state index in [9.17, 15) is 4.39 Å². The van der Waals surface area contributed by atoms with Gasteiger partial charge >= 0.3 is 0 Å². The van der Waals surface area contributed by atoms with Gasteiger partial charge < -0.3 is 15.4 Å². The topological polar surface area (TPSA) is 58.5 Å². The summed E-state index contributed by atoms with van der Waals surface area (Å²) in [4.78, 5) is 9.70. The van der Waals surface area contributed by atoms with Crippen LogP contribution in [0.4, 0.5) is 4.39 Å². The van der Waals surface area contributed by atoms with Crippen LogP contribution in [0.15, 0.2) is 59.7 Å². The number of rotatable bonds is 7. The summed E-state index contributed by atoms with van der Waals surface area (Å²) in [6, 6.07) is 14.2. The van der Waals surface area contributed by atoms with Gasteiger partial charge in [0.2, 0.25) is 0 Å². The summed E-state index contributed by atoms with van der Waals surface area (Å²) < 4.78 is 19.9. The zero-order chi connectivity index (χ0) is 19.8. The van der Waals surface area contributed by atoms with Gasteiger partial charge in [0, 0.05) is 24.7 Å². The normalized spacial score (nSPS) is 11.3. The number of hydrogen-bond acceptors (Lipinski definition) is 4. The number of aromatic nitrogens is 1. The number of thiazole rings is 1. The fraction of sp³-hybridized carbons (Fsp3) is 0.238. The quantitative estimate of drug-likeness (QED) is 0.460. The van der Waals surface area contributed by atoms with Crippen LogP contribution >= 0.6 is 11.3 Å². The number of nitrogens with zero attached hydrogens (tertiary/aromatic N) is 2. The molecule has 0 saturated heterocycles. The van der Waals surface area contributed by atoms with Crippen LogP contribution in [0.3, 0.4) is 0 Å². The van der Waals surface area contributed by atoms with Crippen molar-refractivity contribution in [2.24, 2.45) is 4.99 Å². The molecule has 0 unspecified atom stereocenters. The minimum Gasteiger partial charge on any atom is -0.454 e. The Kier molecular flexibility index (Phi) is 6.97. The molecule has 7 heteroatoms. The maximum Gasteiger partial charge on any atom is 0.191 e. The predicted octanol–water partition coefficient (Wildman–Crippen LogP) is 4.29. The zero-order valence-electron chi connectivity index (χ0n) is 15.9. The highest BCUT2D eigenvalue weighted by atomic mass is 32.1. The smallest absolute Gasteiger partial charge is 0.191 e. The molecular weight excluding hydrogens is 375 g/mol. The second-order valence-electron chi connectivity index (χ2n) is 6.15. The van der Waals surface area contributed by atoms with E-state index in [2.05, 4.69) is 20.6 Å². The first-order valence-electron chi connectivity index (χ1n) is 9.01. The van der Waals surface area contributed by atoms with E-state index in [1.165, 1.54) is 10.9 Å². The first-order valence-corrected chi connectivity index (χ1v) is 9.83. The van der Waals surface area contributed by atoms with Crippen molar-refractivity contribution >= 4 is 17.3 Å². The molecule has 0 aliphatic heterocycles. The molecule has 28 heavy (non-hydrogen) atoms. The summed E-state index contributed by atoms with van der Waals surface area (Å²) in [5.41, 5.74) is 0.886. The van der Waals surface area contributed by atoms with Crippen molar-refractivity contribution < 1.29 is 9.13 Å². The zero-order valence-corrected chi connectivity index (χ0v) is 16.7. The molecular formula is C21H23FN4OS. The van der Waals surface area contributed by atoms with Crippen molar-refractivity contribution in [3.63, 3.8) is 0 Å². The molecule has 0 saturated carbocycles. The van der Waals surface area contributed by atoms with Crippen molar-refractivity contribution in [2.45, 2.75) is 19.9 Å². The summed E-state index contributed by atoms with van der Waals surface area (Å²) in [5, 5.41) is 7.47. The summed E-state index contributed by atoms with van der Waals surface area (Å²) >= 11 is 1.65. The third-order valence-corrected chi connectivity index (χ3v) is 4.89. The first-order chi connectivity index (χ1) is 13.6. The van der Waals surface area contributed by atoms with Gasteiger partial charge in [-0.15, -0.1) is 11.3 Å². The van der Waals surface area contributed by atoms with Crippen molar-refractivity contribution in [2.75, 3.05) is 13.6 Å². The molecule has 0 bridgehead atoms. The Morgan fingerprint density at radius 1 is 1.18 bits per heavy atom. The van der Waals surface area contributed by atoms with Gasteiger partial charge in [0.15, 0.2) is 17.5 Å². The predicted molar refractivity (Wildman–Crippen MR) is 112 cm³/mol. The first kappa shape index (κ1) is 19.8. The van der Waals surface area contributed by atoms with Gasteiger partial charge in [-0.05, 0) is 43.2 Å². The molecule has 1 heterocycles. The Morgan fingerprint density at radius 3 is 2.68 bits per heavy atom. The van der Waals surface area contributed by atoms with Gasteiger partial charge in [0.1, 0.15) is 10.8 Å². The minimum atomic E-state index is -0.372. The highest BCUT2D eigenvalue weighted by molar-refractivity contribution is 7.11. The summed E-state index contributed by atoms with van der Waals surface area (Å²) in [7, 11) is 1.72. The highest BCUT2D eigenvalue weighted by Crippen LogP contribution is 2.25. The molecule has 0 aliphatic carbocycles. The van der Waals surface area contributed by atoms with Crippen LogP contribution in [0.5, 0.6) is 11.5 Å². The van der Waals surface area contributed by atoms with Crippen LogP contribution in [0.25, 0.3) is 0 Å². The molecule has 3 rings (SSSR count). The van der Waals surface area contributed by atoms with E-state index < -0.39 is 0 Å². The van der Waals surface area contributed by atoms with Crippen LogP contribution in [-0.4, -0.2) is 24.5 Å². The highest BCUT2D eigenvalue weighted by Gasteiger charge is 2.07. The fourth-order valence-electron chi connectivity index (χ4n) is 2.59. The van der Waals surface area contributed by atoms with Crippen LogP contribution in [0, 0.1) is 12.7 Å². The lowest BCUT2D eigenvalue weighted by atomic mass is 10.1. The van der Waals surface area contributed by atoms with Gasteiger partial charge in [0.05, 0.1) is 6.54 Å². The summed E-state index contributed by atoms with van der Waals surface area (Å²) in [6.07, 6.45) is 2.52. The third-order valence-electron chi connectivity index (χ3n) is 3.97. The number of para-hydroxylation sites is 1. The number of nitrogens with one attached hydrogen (secondary N) is 2. The summed E-state index contributed by atoms with van der Waals surface area (Å²) in [5.74, 6) is 1.15. The van der Waals surface area contributed by atoms with E-state index in [1.807, 2.05) is 37.4 Å². The monoisotopic (exact) mass is 398 g/mol. The van der Waals surface area contributed by atoms with Gasteiger partial charge in [-0.25, -0.2) is 9.37 Å². The second kappa shape index (κ2) is 9.85. The molecule has 0 fully saturated rings. The van der Waals surface area contributed by atoms with Crippen molar-refractivity contribution in [1.82, 2.24) is 15.6 Å². The fourth-order valence-corrected chi connectivity index (χ4v) is 3.31. The Hall–Kier alpha value is -2.93. The van der Waals surface area contributed by atoms with E-state index in [0.717, 1.165) is 10.6 Å². The lowest BCUT2D eigenvalue weighted by Gasteiger charge is -2.12. The molecule has 2 N–H and O–H groups in total. The van der Waals surface area contributed by atoms with Crippen LogP contribution in [-0.2, 0) is 13.0 Å². The average molecular weight is 399 g/mol. The number of aliphatic imine (C=N–C) groups is 1. The minimum absolute atomic E-state index is 0.221. The number of hydrogen-bond donors (Lipinski definition) is 2. The molecule has 0 radical (unpaired) electrons. The lowest BCUT2D eigenvalue weighted by molar-refractivity contribution is 0.441. The SMILES string of the molecule is CN=C(NCCc1ccc(Oc2ccccc2)c(F)c1)NCc1ncc(C)s1. The standard InChI is InChI=1S/C21H23FN4OS/c1-15-13-25-20(28-15)14-26-21(23-2)24-11-10-16-8-9-19(18(22)12-16)27-17-6-4-3-5-7-17/h3-9,12-13H,10-11,14H2,1-2H3,(H2,23,24,26). The number of guanidine groups is 1. The number of benzene rings is 2. The second-order valence-corrected chi connectivity index (χ2v) is 7.47. The van der Waals surface area contributed by atoms with E-state index in [4.69, 9.17) is 4.74 Å². The molecule has 1 aromatic heterocycles. The Bertz CT molecular complexity index is 927. The molecule has 2 aromatic carbocycles. The van der Waals surface area contributed by atoms with Crippen LogP contribution in [0.1, 0.15) is 15.4 Å². The number of aryl methyl sites for hydroxylation is 1. The van der Waals surface area contributed by atoms with Crippen molar-refractivity contribution in [1.29, 1.82) is 0 Å². The molecule has 0 amide bonds. The van der Waals surface area contributed by atoms with Gasteiger partial charge in [-0.2, -0.15) is 0 Å². The van der Waals surface area contributed by atoms with E-state index in [-0.39, 0.29) is 11.6 Å². The maximum atomic E-state index is 14.3.